The van der Waals surface area contributed by atoms with E-state index in [1.165, 1.54) is 0 Å². The Morgan fingerprint density at radius 1 is 1.45 bits per heavy atom. The summed E-state index contributed by atoms with van der Waals surface area (Å²) in [6.45, 7) is 3.44. The first-order valence-corrected chi connectivity index (χ1v) is 3.57. The van der Waals surface area contributed by atoms with Gasteiger partial charge in [0.15, 0.2) is 0 Å². The zero-order valence-corrected chi connectivity index (χ0v) is 6.27. The zero-order valence-electron chi connectivity index (χ0n) is 6.27. The van der Waals surface area contributed by atoms with Crippen LogP contribution in [0.25, 0.3) is 0 Å². The molecule has 0 spiro atoms. The van der Waals surface area contributed by atoms with E-state index >= 15 is 0 Å². The van der Waals surface area contributed by atoms with Crippen LogP contribution < -0.4 is 11.0 Å². The molecule has 11 heavy (non-hydrogen) atoms. The minimum absolute atomic E-state index is 0.245. The molecule has 0 bridgehead atoms. The SMILES string of the molecule is Cc1[nH]c(=O)nc2c1CNC2. The summed E-state index contributed by atoms with van der Waals surface area (Å²) in [7, 11) is 0. The predicted molar refractivity (Wildman–Crippen MR) is 40.1 cm³/mol. The predicted octanol–water partition coefficient (Wildman–Crippen LogP) is -0.318. The molecule has 0 amide bonds. The summed E-state index contributed by atoms with van der Waals surface area (Å²) < 4.78 is 0. The Bertz CT molecular complexity index is 342. The lowest BCUT2D eigenvalue weighted by Crippen LogP contribution is -2.14. The first kappa shape index (κ1) is 6.54. The Balaban J connectivity index is 2.70. The van der Waals surface area contributed by atoms with Gasteiger partial charge in [0.2, 0.25) is 0 Å². The first-order valence-electron chi connectivity index (χ1n) is 3.57. The van der Waals surface area contributed by atoms with E-state index in [1.807, 2.05) is 6.92 Å². The van der Waals surface area contributed by atoms with E-state index in [-0.39, 0.29) is 5.69 Å². The van der Waals surface area contributed by atoms with Gasteiger partial charge in [0.1, 0.15) is 0 Å². The molecule has 1 aromatic heterocycles. The number of aryl methyl sites for hydroxylation is 1. The van der Waals surface area contributed by atoms with Crippen LogP contribution in [0.3, 0.4) is 0 Å². The topological polar surface area (TPSA) is 57.8 Å². The van der Waals surface area contributed by atoms with Crippen molar-refractivity contribution in [2.75, 3.05) is 0 Å². The van der Waals surface area contributed by atoms with Gasteiger partial charge in [-0.2, -0.15) is 4.98 Å². The summed E-state index contributed by atoms with van der Waals surface area (Å²) in [5.74, 6) is 0. The maximum absolute atomic E-state index is 10.9. The van der Waals surface area contributed by atoms with Crippen LogP contribution in [0.2, 0.25) is 0 Å². The number of aromatic nitrogens is 2. The summed E-state index contributed by atoms with van der Waals surface area (Å²) in [5, 5.41) is 3.13. The van der Waals surface area contributed by atoms with Crippen LogP contribution in [-0.2, 0) is 13.1 Å². The summed E-state index contributed by atoms with van der Waals surface area (Å²) >= 11 is 0. The van der Waals surface area contributed by atoms with Gasteiger partial charge in [0.05, 0.1) is 5.69 Å². The molecular weight excluding hydrogens is 142 g/mol. The minimum atomic E-state index is -0.245. The maximum Gasteiger partial charge on any atom is 0.345 e. The number of nitrogens with zero attached hydrogens (tertiary/aromatic N) is 1. The molecule has 1 aliphatic heterocycles. The molecule has 4 heteroatoms. The average molecular weight is 151 g/mol. The van der Waals surface area contributed by atoms with Crippen molar-refractivity contribution in [2.24, 2.45) is 0 Å². The lowest BCUT2D eigenvalue weighted by molar-refractivity contribution is 0.756. The lowest BCUT2D eigenvalue weighted by Gasteiger charge is -1.98. The average Bonchev–Trinajstić information content (AvgIpc) is 2.34. The van der Waals surface area contributed by atoms with Crippen molar-refractivity contribution in [3.63, 3.8) is 0 Å². The van der Waals surface area contributed by atoms with Gasteiger partial charge in [-0.3, -0.25) is 0 Å². The number of rotatable bonds is 0. The van der Waals surface area contributed by atoms with Crippen molar-refractivity contribution in [1.29, 1.82) is 0 Å². The Kier molecular flexibility index (Phi) is 1.29. The Labute approximate surface area is 63.7 Å². The third-order valence-corrected chi connectivity index (χ3v) is 1.93. The molecule has 0 aliphatic carbocycles. The molecule has 1 aliphatic rings. The maximum atomic E-state index is 10.9. The van der Waals surface area contributed by atoms with Crippen molar-refractivity contribution >= 4 is 0 Å². The summed E-state index contributed by atoms with van der Waals surface area (Å²) in [6.07, 6.45) is 0. The fraction of sp³-hybridized carbons (Fsp3) is 0.429. The molecule has 0 fully saturated rings. The van der Waals surface area contributed by atoms with E-state index in [2.05, 4.69) is 15.3 Å². The monoisotopic (exact) mass is 151 g/mol. The molecule has 0 saturated heterocycles. The molecule has 58 valence electrons. The fourth-order valence-corrected chi connectivity index (χ4v) is 1.36. The fourth-order valence-electron chi connectivity index (χ4n) is 1.36. The van der Waals surface area contributed by atoms with E-state index in [4.69, 9.17) is 0 Å². The van der Waals surface area contributed by atoms with E-state index in [9.17, 15) is 4.79 Å². The van der Waals surface area contributed by atoms with Gasteiger partial charge in [0, 0.05) is 24.3 Å². The normalized spacial score (nSPS) is 15.0. The van der Waals surface area contributed by atoms with Gasteiger partial charge in [-0.1, -0.05) is 0 Å². The number of nitrogens with one attached hydrogen (secondary N) is 2. The molecule has 4 nitrogen and oxygen atoms in total. The van der Waals surface area contributed by atoms with Crippen molar-refractivity contribution in [1.82, 2.24) is 15.3 Å². The quantitative estimate of drug-likeness (QED) is 0.534. The molecule has 0 unspecified atom stereocenters. The second kappa shape index (κ2) is 2.17. The standard InChI is InChI=1S/C7H9N3O/c1-4-5-2-8-3-6(5)10-7(11)9-4/h8H,2-3H2,1H3,(H,9,10,11). The summed E-state index contributed by atoms with van der Waals surface area (Å²) in [6, 6.07) is 0. The molecule has 2 rings (SSSR count). The smallest absolute Gasteiger partial charge is 0.310 e. The number of hydrogen-bond donors (Lipinski definition) is 2. The van der Waals surface area contributed by atoms with Crippen molar-refractivity contribution < 1.29 is 0 Å². The van der Waals surface area contributed by atoms with Crippen LogP contribution in [0, 0.1) is 6.92 Å². The van der Waals surface area contributed by atoms with Crippen molar-refractivity contribution in [2.45, 2.75) is 20.0 Å². The van der Waals surface area contributed by atoms with Crippen LogP contribution in [0.1, 0.15) is 17.0 Å². The van der Waals surface area contributed by atoms with Gasteiger partial charge in [-0.15, -0.1) is 0 Å². The van der Waals surface area contributed by atoms with E-state index < -0.39 is 0 Å². The number of H-pyrrole nitrogens is 1. The highest BCUT2D eigenvalue weighted by atomic mass is 16.1. The van der Waals surface area contributed by atoms with Crippen LogP contribution in [0.5, 0.6) is 0 Å². The van der Waals surface area contributed by atoms with Gasteiger partial charge < -0.3 is 10.3 Å². The number of hydrogen-bond acceptors (Lipinski definition) is 3. The van der Waals surface area contributed by atoms with Crippen molar-refractivity contribution in [3.05, 3.63) is 27.4 Å². The van der Waals surface area contributed by atoms with E-state index in [0.29, 0.717) is 0 Å². The second-order valence-electron chi connectivity index (χ2n) is 2.70. The minimum Gasteiger partial charge on any atom is -0.310 e. The highest BCUT2D eigenvalue weighted by Crippen LogP contribution is 2.12. The first-order chi connectivity index (χ1) is 5.27. The van der Waals surface area contributed by atoms with Gasteiger partial charge in [-0.25, -0.2) is 4.79 Å². The third kappa shape index (κ3) is 0.952. The van der Waals surface area contributed by atoms with Crippen LogP contribution in [0.15, 0.2) is 4.79 Å². The Hall–Kier alpha value is -1.16. The third-order valence-electron chi connectivity index (χ3n) is 1.93. The Morgan fingerprint density at radius 2 is 2.27 bits per heavy atom. The van der Waals surface area contributed by atoms with Gasteiger partial charge >= 0.3 is 5.69 Å². The van der Waals surface area contributed by atoms with E-state index in [1.54, 1.807) is 0 Å². The molecule has 0 aromatic carbocycles. The lowest BCUT2D eigenvalue weighted by atomic mass is 10.2. The largest absolute Gasteiger partial charge is 0.345 e. The Morgan fingerprint density at radius 3 is 3.09 bits per heavy atom. The highest BCUT2D eigenvalue weighted by molar-refractivity contribution is 5.26. The molecule has 2 heterocycles. The number of fused-ring (bicyclic) bond motifs is 1. The summed E-state index contributed by atoms with van der Waals surface area (Å²) in [5.41, 5.74) is 2.73. The highest BCUT2D eigenvalue weighted by Gasteiger charge is 2.14. The van der Waals surface area contributed by atoms with Crippen LogP contribution in [-0.4, -0.2) is 9.97 Å². The molecule has 1 aromatic rings. The summed E-state index contributed by atoms with van der Waals surface area (Å²) in [4.78, 5) is 17.4. The van der Waals surface area contributed by atoms with Crippen molar-refractivity contribution in [3.8, 4) is 0 Å². The molecule has 0 saturated carbocycles. The van der Waals surface area contributed by atoms with Crippen LogP contribution in [0.4, 0.5) is 0 Å². The van der Waals surface area contributed by atoms with Gasteiger partial charge in [0.25, 0.3) is 0 Å². The number of aromatic amines is 1. The van der Waals surface area contributed by atoms with Gasteiger partial charge in [-0.05, 0) is 6.92 Å². The van der Waals surface area contributed by atoms with E-state index in [0.717, 1.165) is 30.0 Å². The molecular formula is C7H9N3O. The van der Waals surface area contributed by atoms with Crippen LogP contribution >= 0.6 is 0 Å². The zero-order chi connectivity index (χ0) is 7.84. The molecule has 0 radical (unpaired) electrons. The molecule has 0 atom stereocenters. The molecule has 2 N–H and O–H groups in total. The second-order valence-corrected chi connectivity index (χ2v) is 2.70.